The van der Waals surface area contributed by atoms with Crippen LogP contribution in [0.2, 0.25) is 0 Å². The maximum atomic E-state index is 13.1. The number of aromatic nitrogens is 1. The van der Waals surface area contributed by atoms with Crippen molar-refractivity contribution in [2.45, 2.75) is 0 Å². The van der Waals surface area contributed by atoms with Gasteiger partial charge >= 0.3 is 0 Å². The lowest BCUT2D eigenvalue weighted by atomic mass is 10.1. The van der Waals surface area contributed by atoms with Crippen molar-refractivity contribution in [3.8, 4) is 0 Å². The van der Waals surface area contributed by atoms with E-state index in [0.717, 1.165) is 12.1 Å². The highest BCUT2D eigenvalue weighted by atomic mass is 19.2. The summed E-state index contributed by atoms with van der Waals surface area (Å²) in [6.07, 6.45) is 1.53. The van der Waals surface area contributed by atoms with Crippen molar-refractivity contribution in [2.75, 3.05) is 5.32 Å². The van der Waals surface area contributed by atoms with E-state index in [1.165, 1.54) is 12.3 Å². The molecular formula is C16H10F2N2O. The van der Waals surface area contributed by atoms with E-state index >= 15 is 0 Å². The second kappa shape index (κ2) is 5.28. The van der Waals surface area contributed by atoms with Crippen LogP contribution in [0, 0.1) is 11.6 Å². The molecule has 0 saturated carbocycles. The number of benzene rings is 2. The number of nitrogens with one attached hydrogen (secondary N) is 1. The molecule has 1 aromatic heterocycles. The fraction of sp³-hybridized carbons (Fsp3) is 0. The van der Waals surface area contributed by atoms with Gasteiger partial charge < -0.3 is 5.32 Å². The highest BCUT2D eigenvalue weighted by molar-refractivity contribution is 6.12. The second-order valence-electron chi connectivity index (χ2n) is 4.46. The highest BCUT2D eigenvalue weighted by Crippen LogP contribution is 2.19. The fourth-order valence-corrected chi connectivity index (χ4v) is 2.07. The third-order valence-electron chi connectivity index (χ3n) is 3.07. The van der Waals surface area contributed by atoms with Gasteiger partial charge in [-0.25, -0.2) is 8.78 Å². The summed E-state index contributed by atoms with van der Waals surface area (Å²) in [5, 5.41) is 3.24. The van der Waals surface area contributed by atoms with Crippen molar-refractivity contribution in [2.24, 2.45) is 0 Å². The molecule has 2 aromatic carbocycles. The number of hydrogen-bond donors (Lipinski definition) is 1. The van der Waals surface area contributed by atoms with Crippen LogP contribution in [0.15, 0.2) is 54.7 Å². The third kappa shape index (κ3) is 2.58. The van der Waals surface area contributed by atoms with Crippen molar-refractivity contribution < 1.29 is 13.6 Å². The van der Waals surface area contributed by atoms with Crippen LogP contribution in [-0.2, 0) is 0 Å². The molecule has 104 valence electrons. The minimum Gasteiger partial charge on any atom is -0.322 e. The molecule has 21 heavy (non-hydrogen) atoms. The number of carbonyl (C=O) groups is 1. The van der Waals surface area contributed by atoms with E-state index in [4.69, 9.17) is 0 Å². The number of para-hydroxylation sites is 1. The van der Waals surface area contributed by atoms with Crippen LogP contribution in [0.5, 0.6) is 0 Å². The average Bonchev–Trinajstić information content (AvgIpc) is 2.50. The first kappa shape index (κ1) is 13.2. The first-order valence-corrected chi connectivity index (χ1v) is 6.25. The number of anilines is 1. The predicted molar refractivity (Wildman–Crippen MR) is 76.1 cm³/mol. The molecule has 3 aromatic rings. The maximum Gasteiger partial charge on any atom is 0.256 e. The van der Waals surface area contributed by atoms with Crippen LogP contribution in [0.25, 0.3) is 10.9 Å². The van der Waals surface area contributed by atoms with E-state index in [2.05, 4.69) is 10.3 Å². The van der Waals surface area contributed by atoms with Crippen LogP contribution in [0.4, 0.5) is 14.5 Å². The molecule has 0 radical (unpaired) electrons. The van der Waals surface area contributed by atoms with Gasteiger partial charge in [-0.3, -0.25) is 9.78 Å². The van der Waals surface area contributed by atoms with Crippen LogP contribution >= 0.6 is 0 Å². The smallest absolute Gasteiger partial charge is 0.256 e. The molecule has 1 amide bonds. The van der Waals surface area contributed by atoms with Gasteiger partial charge in [-0.05, 0) is 24.3 Å². The van der Waals surface area contributed by atoms with Crippen LogP contribution < -0.4 is 5.32 Å². The lowest BCUT2D eigenvalue weighted by molar-refractivity contribution is 0.102. The topological polar surface area (TPSA) is 42.0 Å². The Kier molecular flexibility index (Phi) is 3.31. The number of halogens is 2. The molecule has 3 nitrogen and oxygen atoms in total. The zero-order chi connectivity index (χ0) is 14.8. The molecular weight excluding hydrogens is 274 g/mol. The van der Waals surface area contributed by atoms with Crippen molar-refractivity contribution in [1.29, 1.82) is 0 Å². The van der Waals surface area contributed by atoms with Gasteiger partial charge in [0.05, 0.1) is 11.1 Å². The Morgan fingerprint density at radius 1 is 1.00 bits per heavy atom. The molecule has 0 aliphatic heterocycles. The molecule has 0 aliphatic rings. The SMILES string of the molecule is O=C(Nc1ccc(F)c(F)c1)c1ccnc2ccccc12. The number of carbonyl (C=O) groups excluding carboxylic acids is 1. The molecule has 0 fully saturated rings. The van der Waals surface area contributed by atoms with Crippen molar-refractivity contribution in [1.82, 2.24) is 4.98 Å². The Labute approximate surface area is 119 Å². The summed E-state index contributed by atoms with van der Waals surface area (Å²) < 4.78 is 26.0. The lowest BCUT2D eigenvalue weighted by Gasteiger charge is -2.08. The molecule has 5 heteroatoms. The minimum absolute atomic E-state index is 0.194. The van der Waals surface area contributed by atoms with E-state index in [1.54, 1.807) is 24.3 Å². The molecule has 0 spiro atoms. The predicted octanol–water partition coefficient (Wildman–Crippen LogP) is 3.77. The number of pyridine rings is 1. The van der Waals surface area contributed by atoms with E-state index in [1.807, 2.05) is 6.07 Å². The summed E-state index contributed by atoms with van der Waals surface area (Å²) in [7, 11) is 0. The van der Waals surface area contributed by atoms with Gasteiger partial charge in [0.15, 0.2) is 11.6 Å². The number of nitrogens with zero attached hydrogens (tertiary/aromatic N) is 1. The van der Waals surface area contributed by atoms with Gasteiger partial charge in [-0.2, -0.15) is 0 Å². The first-order chi connectivity index (χ1) is 10.1. The monoisotopic (exact) mass is 284 g/mol. The number of rotatable bonds is 2. The largest absolute Gasteiger partial charge is 0.322 e. The van der Waals surface area contributed by atoms with E-state index in [9.17, 15) is 13.6 Å². The summed E-state index contributed by atoms with van der Waals surface area (Å²) in [6.45, 7) is 0. The molecule has 0 saturated heterocycles. The third-order valence-corrected chi connectivity index (χ3v) is 3.07. The Morgan fingerprint density at radius 3 is 2.62 bits per heavy atom. The molecule has 3 rings (SSSR count). The maximum absolute atomic E-state index is 13.1. The van der Waals surface area contributed by atoms with Crippen molar-refractivity contribution in [3.63, 3.8) is 0 Å². The number of fused-ring (bicyclic) bond motifs is 1. The quantitative estimate of drug-likeness (QED) is 0.778. The lowest BCUT2D eigenvalue weighted by Crippen LogP contribution is -2.12. The Bertz CT molecular complexity index is 828. The molecule has 0 unspecified atom stereocenters. The molecule has 1 heterocycles. The molecule has 0 atom stereocenters. The summed E-state index contributed by atoms with van der Waals surface area (Å²) in [4.78, 5) is 16.4. The highest BCUT2D eigenvalue weighted by Gasteiger charge is 2.11. The molecule has 0 aliphatic carbocycles. The zero-order valence-electron chi connectivity index (χ0n) is 10.8. The number of amides is 1. The van der Waals surface area contributed by atoms with Gasteiger partial charge in [0, 0.05) is 23.3 Å². The van der Waals surface area contributed by atoms with E-state index in [0.29, 0.717) is 16.5 Å². The second-order valence-corrected chi connectivity index (χ2v) is 4.46. The summed E-state index contributed by atoms with van der Waals surface area (Å²) in [6, 6.07) is 12.0. The van der Waals surface area contributed by atoms with Gasteiger partial charge in [0.2, 0.25) is 0 Å². The Hall–Kier alpha value is -2.82. The summed E-state index contributed by atoms with van der Waals surface area (Å²) in [5.74, 6) is -2.37. The van der Waals surface area contributed by atoms with E-state index < -0.39 is 17.5 Å². The van der Waals surface area contributed by atoms with Crippen molar-refractivity contribution in [3.05, 3.63) is 71.9 Å². The number of hydrogen-bond acceptors (Lipinski definition) is 2. The van der Waals surface area contributed by atoms with Crippen LogP contribution in [0.3, 0.4) is 0 Å². The van der Waals surface area contributed by atoms with Crippen LogP contribution in [0.1, 0.15) is 10.4 Å². The van der Waals surface area contributed by atoms with Crippen LogP contribution in [-0.4, -0.2) is 10.9 Å². The first-order valence-electron chi connectivity index (χ1n) is 6.25. The Morgan fingerprint density at radius 2 is 1.81 bits per heavy atom. The standard InChI is InChI=1S/C16H10F2N2O/c17-13-6-5-10(9-14(13)18)20-16(21)12-7-8-19-15-4-2-1-3-11(12)15/h1-9H,(H,20,21). The van der Waals surface area contributed by atoms with Gasteiger partial charge in [0.1, 0.15) is 0 Å². The minimum atomic E-state index is -1.01. The summed E-state index contributed by atoms with van der Waals surface area (Å²) >= 11 is 0. The normalized spacial score (nSPS) is 10.6. The van der Waals surface area contributed by atoms with Crippen molar-refractivity contribution >= 4 is 22.5 Å². The summed E-state index contributed by atoms with van der Waals surface area (Å²) in [5.41, 5.74) is 1.31. The Balaban J connectivity index is 1.95. The molecule has 1 N–H and O–H groups in total. The van der Waals surface area contributed by atoms with Gasteiger partial charge in [-0.15, -0.1) is 0 Å². The molecule has 0 bridgehead atoms. The fourth-order valence-electron chi connectivity index (χ4n) is 2.07. The van der Waals surface area contributed by atoms with E-state index in [-0.39, 0.29) is 5.69 Å². The average molecular weight is 284 g/mol. The van der Waals surface area contributed by atoms with Gasteiger partial charge in [-0.1, -0.05) is 18.2 Å². The van der Waals surface area contributed by atoms with Gasteiger partial charge in [0.25, 0.3) is 5.91 Å². The zero-order valence-corrected chi connectivity index (χ0v) is 10.8.